The van der Waals surface area contributed by atoms with E-state index in [2.05, 4.69) is 53.3 Å². The van der Waals surface area contributed by atoms with E-state index in [0.29, 0.717) is 11.6 Å². The summed E-state index contributed by atoms with van der Waals surface area (Å²) in [7, 11) is 7.83. The van der Waals surface area contributed by atoms with Gasteiger partial charge in [-0.15, -0.1) is 0 Å². The fraction of sp³-hybridized carbons (Fsp3) is 0.292. The van der Waals surface area contributed by atoms with Gasteiger partial charge in [0.25, 0.3) is 0 Å². The molecule has 166 valence electrons. The maximum atomic E-state index is 5.95. The monoisotopic (exact) mass is 432 g/mol. The molecule has 4 rings (SSSR count). The highest BCUT2D eigenvalue weighted by Crippen LogP contribution is 2.29. The van der Waals surface area contributed by atoms with Crippen LogP contribution in [-0.2, 0) is 6.61 Å². The van der Waals surface area contributed by atoms with Gasteiger partial charge in [0.15, 0.2) is 5.82 Å². The lowest BCUT2D eigenvalue weighted by Crippen LogP contribution is -2.29. The number of aromatic nitrogens is 4. The van der Waals surface area contributed by atoms with Crippen LogP contribution in [0.4, 0.5) is 5.82 Å². The molecule has 2 heterocycles. The van der Waals surface area contributed by atoms with E-state index in [1.54, 1.807) is 7.11 Å². The first kappa shape index (κ1) is 21.6. The van der Waals surface area contributed by atoms with Gasteiger partial charge < -0.3 is 19.3 Å². The first-order valence-corrected chi connectivity index (χ1v) is 10.5. The highest BCUT2D eigenvalue weighted by Gasteiger charge is 2.14. The van der Waals surface area contributed by atoms with Gasteiger partial charge in [-0.25, -0.2) is 9.97 Å². The number of likely N-dealkylation sites (N-methyl/N-ethyl adjacent to an activating group) is 2. The van der Waals surface area contributed by atoms with Gasteiger partial charge in [0.2, 0.25) is 0 Å². The maximum absolute atomic E-state index is 5.95. The molecule has 8 nitrogen and oxygen atoms in total. The smallest absolute Gasteiger partial charge is 0.168 e. The summed E-state index contributed by atoms with van der Waals surface area (Å²) in [5.41, 5.74) is 2.97. The summed E-state index contributed by atoms with van der Waals surface area (Å²) >= 11 is 0. The van der Waals surface area contributed by atoms with E-state index < -0.39 is 0 Å². The average molecular weight is 433 g/mol. The Kier molecular flexibility index (Phi) is 6.51. The molecule has 0 radical (unpaired) electrons. The van der Waals surface area contributed by atoms with Gasteiger partial charge in [-0.1, -0.05) is 12.1 Å². The van der Waals surface area contributed by atoms with Gasteiger partial charge in [-0.2, -0.15) is 5.10 Å². The molecule has 0 atom stereocenters. The zero-order valence-corrected chi connectivity index (χ0v) is 18.9. The van der Waals surface area contributed by atoms with Crippen molar-refractivity contribution in [3.05, 3.63) is 60.7 Å². The molecule has 0 fully saturated rings. The maximum Gasteiger partial charge on any atom is 0.168 e. The Morgan fingerprint density at radius 2 is 1.78 bits per heavy atom. The number of aromatic amines is 1. The summed E-state index contributed by atoms with van der Waals surface area (Å²) < 4.78 is 11.2. The quantitative estimate of drug-likeness (QED) is 0.433. The van der Waals surface area contributed by atoms with Crippen molar-refractivity contribution in [2.24, 2.45) is 0 Å². The van der Waals surface area contributed by atoms with Gasteiger partial charge in [0, 0.05) is 43.4 Å². The summed E-state index contributed by atoms with van der Waals surface area (Å²) in [5.74, 6) is 2.97. The summed E-state index contributed by atoms with van der Waals surface area (Å²) in [5, 5.41) is 7.94. The molecule has 4 aromatic rings. The second-order valence-corrected chi connectivity index (χ2v) is 7.87. The lowest BCUT2D eigenvalue weighted by Gasteiger charge is -2.22. The van der Waals surface area contributed by atoms with Gasteiger partial charge in [0.05, 0.1) is 18.8 Å². The lowest BCUT2D eigenvalue weighted by molar-refractivity contribution is 0.294. The Hall–Kier alpha value is -3.65. The number of hydrogen-bond donors (Lipinski definition) is 1. The van der Waals surface area contributed by atoms with Crippen LogP contribution in [-0.4, -0.2) is 66.4 Å². The van der Waals surface area contributed by atoms with Gasteiger partial charge in [-0.05, 0) is 43.9 Å². The minimum Gasteiger partial charge on any atom is -0.497 e. The predicted molar refractivity (Wildman–Crippen MR) is 126 cm³/mol. The Labute approximate surface area is 187 Å². The standard InChI is InChI=1S/C24H28N6O2/c1-29(2)10-11-30(3)24-21-12-17(18-14-25-26-15-18)8-9-22(21)27-23(28-24)16-32-20-7-5-6-19(13-20)31-4/h5-9,12-15H,10-11,16H2,1-4H3,(H,25,26). The molecule has 0 saturated carbocycles. The number of nitrogens with zero attached hydrogens (tertiary/aromatic N) is 5. The number of benzene rings is 2. The number of ether oxygens (including phenoxy) is 2. The summed E-state index contributed by atoms with van der Waals surface area (Å²) in [6.07, 6.45) is 3.70. The number of anilines is 1. The van der Waals surface area contributed by atoms with E-state index in [4.69, 9.17) is 19.4 Å². The molecule has 0 aliphatic heterocycles. The van der Waals surface area contributed by atoms with E-state index >= 15 is 0 Å². The lowest BCUT2D eigenvalue weighted by atomic mass is 10.1. The second kappa shape index (κ2) is 9.65. The van der Waals surface area contributed by atoms with Crippen LogP contribution in [0.3, 0.4) is 0 Å². The zero-order chi connectivity index (χ0) is 22.5. The molecule has 0 bridgehead atoms. The summed E-state index contributed by atoms with van der Waals surface area (Å²) in [6.45, 7) is 2.02. The molecule has 1 N–H and O–H groups in total. The summed E-state index contributed by atoms with van der Waals surface area (Å²) in [4.78, 5) is 14.0. The number of H-pyrrole nitrogens is 1. The van der Waals surface area contributed by atoms with Crippen molar-refractivity contribution in [1.82, 2.24) is 25.1 Å². The van der Waals surface area contributed by atoms with E-state index in [9.17, 15) is 0 Å². The van der Waals surface area contributed by atoms with Crippen molar-refractivity contribution in [2.75, 3.05) is 46.2 Å². The largest absolute Gasteiger partial charge is 0.497 e. The van der Waals surface area contributed by atoms with Crippen molar-refractivity contribution in [1.29, 1.82) is 0 Å². The number of fused-ring (bicyclic) bond motifs is 1. The fourth-order valence-electron chi connectivity index (χ4n) is 3.40. The van der Waals surface area contributed by atoms with Crippen LogP contribution in [0.25, 0.3) is 22.0 Å². The van der Waals surface area contributed by atoms with Crippen molar-refractivity contribution in [3.63, 3.8) is 0 Å². The van der Waals surface area contributed by atoms with Gasteiger partial charge in [-0.3, -0.25) is 5.10 Å². The molecular formula is C24H28N6O2. The minimum absolute atomic E-state index is 0.265. The van der Waals surface area contributed by atoms with Crippen LogP contribution >= 0.6 is 0 Å². The molecule has 0 aliphatic carbocycles. The average Bonchev–Trinajstić information content (AvgIpc) is 3.35. The molecule has 0 amide bonds. The van der Waals surface area contributed by atoms with Gasteiger partial charge >= 0.3 is 0 Å². The van der Waals surface area contributed by atoms with Crippen molar-refractivity contribution >= 4 is 16.7 Å². The predicted octanol–water partition coefficient (Wildman–Crippen LogP) is 3.61. The number of hydrogen-bond acceptors (Lipinski definition) is 7. The first-order valence-electron chi connectivity index (χ1n) is 10.5. The van der Waals surface area contributed by atoms with E-state index in [1.165, 1.54) is 0 Å². The second-order valence-electron chi connectivity index (χ2n) is 7.87. The van der Waals surface area contributed by atoms with Gasteiger partial charge in [0.1, 0.15) is 23.9 Å². The highest BCUT2D eigenvalue weighted by atomic mass is 16.5. The zero-order valence-electron chi connectivity index (χ0n) is 18.9. The Morgan fingerprint density at radius 3 is 2.53 bits per heavy atom. The molecule has 0 aliphatic rings. The number of rotatable bonds is 9. The van der Waals surface area contributed by atoms with Crippen LogP contribution in [0.15, 0.2) is 54.9 Å². The molecule has 2 aromatic carbocycles. The Balaban J connectivity index is 1.68. The Bertz CT molecular complexity index is 1180. The molecule has 0 saturated heterocycles. The van der Waals surface area contributed by atoms with Crippen LogP contribution in [0, 0.1) is 0 Å². The third-order valence-electron chi connectivity index (χ3n) is 5.21. The van der Waals surface area contributed by atoms with Crippen molar-refractivity contribution in [3.8, 4) is 22.6 Å². The van der Waals surface area contributed by atoms with E-state index in [1.807, 2.05) is 42.7 Å². The van der Waals surface area contributed by atoms with Crippen LogP contribution in [0.5, 0.6) is 11.5 Å². The molecule has 8 heteroatoms. The molecule has 32 heavy (non-hydrogen) atoms. The Morgan fingerprint density at radius 1 is 0.938 bits per heavy atom. The van der Waals surface area contributed by atoms with Crippen LogP contribution < -0.4 is 14.4 Å². The third kappa shape index (κ3) is 4.97. The van der Waals surface area contributed by atoms with Crippen molar-refractivity contribution < 1.29 is 9.47 Å². The third-order valence-corrected chi connectivity index (χ3v) is 5.21. The first-order chi connectivity index (χ1) is 15.5. The molecule has 0 unspecified atom stereocenters. The SMILES string of the molecule is COc1cccc(OCc2nc(N(C)CCN(C)C)c3cc(-c4cn[nH]c4)ccc3n2)c1. The van der Waals surface area contributed by atoms with Crippen molar-refractivity contribution in [2.45, 2.75) is 6.61 Å². The number of methoxy groups -OCH3 is 1. The normalized spacial score (nSPS) is 11.2. The highest BCUT2D eigenvalue weighted by molar-refractivity contribution is 5.93. The van der Waals surface area contributed by atoms with Crippen LogP contribution in [0.2, 0.25) is 0 Å². The van der Waals surface area contributed by atoms with Crippen LogP contribution in [0.1, 0.15) is 5.82 Å². The van der Waals surface area contributed by atoms with E-state index in [0.717, 1.165) is 46.7 Å². The topological polar surface area (TPSA) is 79.4 Å². The van der Waals surface area contributed by atoms with E-state index in [-0.39, 0.29) is 6.61 Å². The fourth-order valence-corrected chi connectivity index (χ4v) is 3.40. The minimum atomic E-state index is 0.265. The number of nitrogens with one attached hydrogen (secondary N) is 1. The molecule has 0 spiro atoms. The summed E-state index contributed by atoms with van der Waals surface area (Å²) in [6, 6.07) is 13.7. The molecular weight excluding hydrogens is 404 g/mol. The molecule has 2 aromatic heterocycles.